The molecular weight excluding hydrogens is 513 g/mol. The first-order chi connectivity index (χ1) is 18.7. The highest BCUT2D eigenvalue weighted by molar-refractivity contribution is 5.99. The number of ether oxygens (including phenoxy) is 2. The lowest BCUT2D eigenvalue weighted by Crippen LogP contribution is -2.20. The number of halogens is 3. The second kappa shape index (κ2) is 10.5. The molecule has 3 heterocycles. The number of allylic oxidation sites excluding steroid dienone is 1. The van der Waals surface area contributed by atoms with E-state index in [0.29, 0.717) is 5.75 Å². The van der Waals surface area contributed by atoms with E-state index in [-0.39, 0.29) is 17.4 Å². The number of carbonyl (C=O) groups is 1. The van der Waals surface area contributed by atoms with Crippen LogP contribution in [0.25, 0.3) is 17.5 Å². The molecule has 0 saturated carbocycles. The van der Waals surface area contributed by atoms with Gasteiger partial charge in [0.25, 0.3) is 0 Å². The minimum absolute atomic E-state index is 0.00582. The third-order valence-electron chi connectivity index (χ3n) is 6.01. The van der Waals surface area contributed by atoms with Crippen molar-refractivity contribution in [1.29, 1.82) is 0 Å². The Balaban J connectivity index is 1.23. The summed E-state index contributed by atoms with van der Waals surface area (Å²) < 4.78 is 51.9. The van der Waals surface area contributed by atoms with Crippen LogP contribution in [0.15, 0.2) is 66.8 Å². The topological polar surface area (TPSA) is 103 Å². The molecule has 0 atom stereocenters. The Labute approximate surface area is 221 Å². The Hall–Kier alpha value is -4.87. The van der Waals surface area contributed by atoms with Crippen molar-refractivity contribution in [1.82, 2.24) is 19.5 Å². The highest BCUT2D eigenvalue weighted by Crippen LogP contribution is 2.32. The fourth-order valence-electron chi connectivity index (χ4n) is 4.06. The summed E-state index contributed by atoms with van der Waals surface area (Å²) in [7, 11) is 1.66. The number of nitrogens with one attached hydrogen (secondary N) is 2. The monoisotopic (exact) mass is 536 g/mol. The van der Waals surface area contributed by atoms with Gasteiger partial charge in [-0.05, 0) is 48.9 Å². The van der Waals surface area contributed by atoms with E-state index < -0.39 is 17.8 Å². The van der Waals surface area contributed by atoms with Crippen molar-refractivity contribution in [2.45, 2.75) is 25.9 Å². The van der Waals surface area contributed by atoms with Crippen LogP contribution in [0, 0.1) is 6.92 Å². The molecule has 200 valence electrons. The van der Waals surface area contributed by atoms with E-state index in [1.165, 1.54) is 24.5 Å². The molecule has 1 aliphatic heterocycles. The predicted octanol–water partition coefficient (Wildman–Crippen LogP) is 6.49. The van der Waals surface area contributed by atoms with Gasteiger partial charge >= 0.3 is 18.2 Å². The molecule has 2 aromatic carbocycles. The van der Waals surface area contributed by atoms with Crippen molar-refractivity contribution >= 4 is 23.6 Å². The van der Waals surface area contributed by atoms with Crippen molar-refractivity contribution in [3.63, 3.8) is 0 Å². The quantitative estimate of drug-likeness (QED) is 0.292. The van der Waals surface area contributed by atoms with E-state index in [1.807, 2.05) is 42.1 Å². The number of hydrogen-bond donors (Lipinski definition) is 2. The molecule has 5 rings (SSSR count). The third kappa shape index (κ3) is 5.84. The largest absolute Gasteiger partial charge is 0.500 e. The van der Waals surface area contributed by atoms with E-state index in [1.54, 1.807) is 7.11 Å². The van der Waals surface area contributed by atoms with Crippen LogP contribution < -0.4 is 15.4 Å². The average Bonchev–Trinajstić information content (AvgIpc) is 3.34. The van der Waals surface area contributed by atoms with Gasteiger partial charge < -0.3 is 20.1 Å². The highest BCUT2D eigenvalue weighted by atomic mass is 19.4. The zero-order valence-electron chi connectivity index (χ0n) is 20.9. The van der Waals surface area contributed by atoms with Gasteiger partial charge in [-0.1, -0.05) is 6.07 Å². The number of benzene rings is 2. The maximum atomic E-state index is 12.9. The van der Waals surface area contributed by atoms with Gasteiger partial charge in [0.05, 0.1) is 42.6 Å². The highest BCUT2D eigenvalue weighted by Gasteiger charge is 2.30. The lowest BCUT2D eigenvalue weighted by Gasteiger charge is -2.16. The van der Waals surface area contributed by atoms with Crippen LogP contribution in [0.2, 0.25) is 0 Å². The molecule has 0 spiro atoms. The lowest BCUT2D eigenvalue weighted by molar-refractivity contribution is -0.137. The van der Waals surface area contributed by atoms with Crippen LogP contribution in [-0.2, 0) is 17.3 Å². The number of methoxy groups -OCH3 is 1. The summed E-state index contributed by atoms with van der Waals surface area (Å²) in [5, 5.41) is 4.83. The molecule has 2 aromatic heterocycles. The first-order valence-corrected chi connectivity index (χ1v) is 11.9. The number of anilines is 2. The third-order valence-corrected chi connectivity index (χ3v) is 6.01. The first kappa shape index (κ1) is 25.8. The summed E-state index contributed by atoms with van der Waals surface area (Å²) in [4.78, 5) is 24.9. The maximum absolute atomic E-state index is 12.9. The van der Waals surface area contributed by atoms with Crippen molar-refractivity contribution in [3.05, 3.63) is 83.8 Å². The number of alkyl halides is 3. The zero-order chi connectivity index (χ0) is 27.6. The summed E-state index contributed by atoms with van der Waals surface area (Å²) in [5.41, 5.74) is 2.10. The van der Waals surface area contributed by atoms with Crippen LogP contribution in [-0.4, -0.2) is 32.7 Å². The summed E-state index contributed by atoms with van der Waals surface area (Å²) >= 11 is 0. The van der Waals surface area contributed by atoms with Crippen LogP contribution in [0.4, 0.5) is 29.3 Å². The molecule has 0 unspecified atom stereocenters. The molecule has 12 heteroatoms. The van der Waals surface area contributed by atoms with E-state index in [4.69, 9.17) is 9.47 Å². The molecule has 39 heavy (non-hydrogen) atoms. The predicted molar refractivity (Wildman–Crippen MR) is 138 cm³/mol. The van der Waals surface area contributed by atoms with Gasteiger partial charge in [-0.15, -0.1) is 0 Å². The second-order valence-corrected chi connectivity index (χ2v) is 8.72. The molecule has 0 bridgehead atoms. The maximum Gasteiger partial charge on any atom is 0.416 e. The van der Waals surface area contributed by atoms with Crippen molar-refractivity contribution in [3.8, 4) is 23.0 Å². The summed E-state index contributed by atoms with van der Waals surface area (Å²) in [6.07, 6.45) is 3.54. The molecular formula is C27H23F3N6O3. The van der Waals surface area contributed by atoms with E-state index in [2.05, 4.69) is 25.6 Å². The SMILES string of the molecule is COC1=Cn2c(-c3ccc(Oc4ncc(NC(=O)Nc5cccc(C(F)(F)F)c5)cn4)c(C)c3)cnc2CC1. The number of aromatic nitrogens is 4. The number of carbonyl (C=O) groups excluding carboxylic acids is 1. The Morgan fingerprint density at radius 1 is 0.974 bits per heavy atom. The molecule has 1 aliphatic rings. The van der Waals surface area contributed by atoms with E-state index in [9.17, 15) is 18.0 Å². The van der Waals surface area contributed by atoms with E-state index >= 15 is 0 Å². The Morgan fingerprint density at radius 2 is 1.74 bits per heavy atom. The molecule has 0 fully saturated rings. The molecule has 4 aromatic rings. The normalized spacial score (nSPS) is 12.8. The number of rotatable bonds is 6. The van der Waals surface area contributed by atoms with Gasteiger partial charge in [0.2, 0.25) is 0 Å². The van der Waals surface area contributed by atoms with Gasteiger partial charge in [-0.2, -0.15) is 13.2 Å². The number of fused-ring (bicyclic) bond motifs is 1. The Bertz CT molecular complexity index is 1550. The number of imidazole rings is 1. The minimum atomic E-state index is -4.51. The second-order valence-electron chi connectivity index (χ2n) is 8.72. The number of hydrogen-bond acceptors (Lipinski definition) is 6. The van der Waals surface area contributed by atoms with E-state index in [0.717, 1.165) is 53.4 Å². The van der Waals surface area contributed by atoms with Gasteiger partial charge in [0, 0.05) is 30.3 Å². The first-order valence-electron chi connectivity index (χ1n) is 11.9. The van der Waals surface area contributed by atoms with Gasteiger partial charge in [0.15, 0.2) is 0 Å². The average molecular weight is 537 g/mol. The molecule has 2 N–H and O–H groups in total. The summed E-state index contributed by atoms with van der Waals surface area (Å²) in [6, 6.07) is 9.34. The smallest absolute Gasteiger partial charge is 0.416 e. The van der Waals surface area contributed by atoms with Crippen molar-refractivity contribution < 1.29 is 27.4 Å². The number of amides is 2. The Morgan fingerprint density at radius 3 is 2.46 bits per heavy atom. The summed E-state index contributed by atoms with van der Waals surface area (Å²) in [5.74, 6) is 2.41. The molecule has 9 nitrogen and oxygen atoms in total. The minimum Gasteiger partial charge on any atom is -0.500 e. The van der Waals surface area contributed by atoms with Gasteiger partial charge in [-0.25, -0.2) is 19.7 Å². The fraction of sp³-hybridized carbons (Fsp3) is 0.185. The van der Waals surface area contributed by atoms with Crippen LogP contribution in [0.5, 0.6) is 11.8 Å². The van der Waals surface area contributed by atoms with Crippen molar-refractivity contribution in [2.24, 2.45) is 0 Å². The molecule has 0 saturated heterocycles. The fourth-order valence-corrected chi connectivity index (χ4v) is 4.06. The van der Waals surface area contributed by atoms with Gasteiger partial charge in [0.1, 0.15) is 17.3 Å². The summed E-state index contributed by atoms with van der Waals surface area (Å²) in [6.45, 7) is 1.90. The number of aryl methyl sites for hydroxylation is 2. The molecule has 0 radical (unpaired) electrons. The lowest BCUT2D eigenvalue weighted by atomic mass is 10.1. The van der Waals surface area contributed by atoms with Crippen molar-refractivity contribution in [2.75, 3.05) is 17.7 Å². The number of nitrogens with zero attached hydrogens (tertiary/aromatic N) is 4. The van der Waals surface area contributed by atoms with Gasteiger partial charge in [-0.3, -0.25) is 4.57 Å². The van der Waals surface area contributed by atoms with Crippen LogP contribution in [0.3, 0.4) is 0 Å². The Kier molecular flexibility index (Phi) is 6.92. The standard InChI is InChI=1S/C27H23F3N6O3/c1-16-10-17(22-14-31-24-9-7-21(38-2)15-36(22)24)6-8-23(16)39-26-32-12-20(13-33-26)35-25(37)34-19-5-3-4-18(11-19)27(28,29)30/h3-6,8,10-15H,7,9H2,1-2H3,(H2,34,35,37). The molecule has 2 amide bonds. The number of urea groups is 1. The zero-order valence-corrected chi connectivity index (χ0v) is 20.9. The molecule has 0 aliphatic carbocycles. The van der Waals surface area contributed by atoms with Crippen LogP contribution >= 0.6 is 0 Å². The van der Waals surface area contributed by atoms with Crippen LogP contribution in [0.1, 0.15) is 23.4 Å².